The zero-order valence-electron chi connectivity index (χ0n) is 10.4. The van der Waals surface area contributed by atoms with Crippen LogP contribution in [0.5, 0.6) is 0 Å². The first kappa shape index (κ1) is 15.5. The molecule has 1 heterocycles. The van der Waals surface area contributed by atoms with Crippen molar-refractivity contribution >= 4 is 29.3 Å². The maximum Gasteiger partial charge on any atom is 0.342 e. The number of rotatable bonds is 4. The summed E-state index contributed by atoms with van der Waals surface area (Å²) in [5.41, 5.74) is 7.16. The molecule has 1 aromatic carbocycles. The van der Waals surface area contributed by atoms with Gasteiger partial charge in [-0.15, -0.1) is 12.4 Å². The van der Waals surface area contributed by atoms with Crippen molar-refractivity contribution in [2.45, 2.75) is 19.1 Å². The Morgan fingerprint density at radius 2 is 2.21 bits per heavy atom. The summed E-state index contributed by atoms with van der Waals surface area (Å²) in [5, 5.41) is 1.01. The number of hydrogen-bond donors (Lipinski definition) is 2. The molecular weight excluding hydrogens is 271 g/mol. The van der Waals surface area contributed by atoms with E-state index in [0.29, 0.717) is 5.56 Å². The molecule has 2 aromatic rings. The van der Waals surface area contributed by atoms with E-state index in [9.17, 15) is 9.18 Å². The van der Waals surface area contributed by atoms with E-state index < -0.39 is 18.2 Å². The highest BCUT2D eigenvalue weighted by Gasteiger charge is 2.27. The van der Waals surface area contributed by atoms with Gasteiger partial charge in [-0.3, -0.25) is 0 Å². The number of aromatic amines is 1. The van der Waals surface area contributed by atoms with Crippen LogP contribution in [0.15, 0.2) is 30.5 Å². The number of fused-ring (bicyclic) bond motifs is 1. The molecule has 0 aliphatic rings. The van der Waals surface area contributed by atoms with Crippen LogP contribution >= 0.6 is 12.4 Å². The second kappa shape index (κ2) is 6.54. The molecule has 0 saturated carbocycles. The summed E-state index contributed by atoms with van der Waals surface area (Å²) in [6.45, 7) is 1.77. The molecule has 1 unspecified atom stereocenters. The molecule has 0 radical (unpaired) electrons. The number of carbonyl (C=O) groups is 1. The van der Waals surface area contributed by atoms with Crippen LogP contribution in [0.4, 0.5) is 4.39 Å². The van der Waals surface area contributed by atoms with Crippen molar-refractivity contribution in [2.75, 3.05) is 6.61 Å². The minimum absolute atomic E-state index is 0. The molecule has 0 spiro atoms. The minimum Gasteiger partial charge on any atom is -0.464 e. The Labute approximate surface area is 116 Å². The Balaban J connectivity index is 0.00000180. The quantitative estimate of drug-likeness (QED) is 0.849. The Morgan fingerprint density at radius 3 is 2.89 bits per heavy atom. The van der Waals surface area contributed by atoms with Crippen molar-refractivity contribution in [2.24, 2.45) is 5.73 Å². The fourth-order valence-electron chi connectivity index (χ4n) is 1.81. The Morgan fingerprint density at radius 1 is 1.47 bits per heavy atom. The van der Waals surface area contributed by atoms with Gasteiger partial charge in [0.15, 0.2) is 0 Å². The van der Waals surface area contributed by atoms with E-state index in [2.05, 4.69) is 9.72 Å². The minimum atomic E-state index is -1.85. The lowest BCUT2D eigenvalue weighted by Gasteiger charge is -2.15. The monoisotopic (exact) mass is 286 g/mol. The highest BCUT2D eigenvalue weighted by molar-refractivity contribution is 5.85. The van der Waals surface area contributed by atoms with Crippen LogP contribution in [-0.4, -0.2) is 23.7 Å². The molecule has 1 aromatic heterocycles. The third-order valence-corrected chi connectivity index (χ3v) is 2.79. The van der Waals surface area contributed by atoms with Crippen LogP contribution < -0.4 is 5.73 Å². The number of alkyl halides is 1. The number of H-pyrrole nitrogens is 1. The lowest BCUT2D eigenvalue weighted by Crippen LogP contribution is -2.31. The number of ether oxygens (including phenoxy) is 1. The van der Waals surface area contributed by atoms with E-state index in [1.807, 2.05) is 12.1 Å². The number of nitrogens with two attached hydrogens (primary N) is 1. The van der Waals surface area contributed by atoms with Gasteiger partial charge in [0.2, 0.25) is 6.17 Å². The number of esters is 1. The fraction of sp³-hybridized carbons (Fsp3) is 0.308. The summed E-state index contributed by atoms with van der Waals surface area (Å²) in [5.74, 6) is -0.920. The number of benzene rings is 1. The summed E-state index contributed by atoms with van der Waals surface area (Å²) in [6, 6.07) is 6.18. The standard InChI is InChI=1S/C13H15FN2O2.ClH/c1-2-18-13(17)11(14)12(15)9-4-3-8-5-6-16-10(8)7-9;/h3-7,11-12,16H,2,15H2,1H3;1H/t11?,12-;/m1./s1. The van der Waals surface area contributed by atoms with E-state index in [0.717, 1.165) is 10.9 Å². The van der Waals surface area contributed by atoms with Gasteiger partial charge in [0.05, 0.1) is 12.6 Å². The van der Waals surface area contributed by atoms with Gasteiger partial charge >= 0.3 is 5.97 Å². The maximum absolute atomic E-state index is 13.8. The Kier molecular flexibility index (Phi) is 5.32. The third-order valence-electron chi connectivity index (χ3n) is 2.79. The van der Waals surface area contributed by atoms with Gasteiger partial charge in [-0.1, -0.05) is 12.1 Å². The van der Waals surface area contributed by atoms with Gasteiger partial charge in [0.1, 0.15) is 0 Å². The molecular formula is C13H16ClFN2O2. The van der Waals surface area contributed by atoms with Crippen molar-refractivity contribution in [3.63, 3.8) is 0 Å². The van der Waals surface area contributed by atoms with Gasteiger partial charge in [-0.25, -0.2) is 9.18 Å². The van der Waals surface area contributed by atoms with Gasteiger partial charge in [-0.2, -0.15) is 0 Å². The van der Waals surface area contributed by atoms with Crippen LogP contribution in [-0.2, 0) is 9.53 Å². The van der Waals surface area contributed by atoms with E-state index in [1.165, 1.54) is 0 Å². The van der Waals surface area contributed by atoms with E-state index in [1.54, 1.807) is 25.3 Å². The molecule has 0 fully saturated rings. The van der Waals surface area contributed by atoms with Crippen LogP contribution in [0.2, 0.25) is 0 Å². The molecule has 0 aliphatic heterocycles. The van der Waals surface area contributed by atoms with Crippen molar-refractivity contribution < 1.29 is 13.9 Å². The lowest BCUT2D eigenvalue weighted by molar-refractivity contribution is -0.149. The number of hydrogen-bond acceptors (Lipinski definition) is 3. The molecule has 0 saturated heterocycles. The largest absolute Gasteiger partial charge is 0.464 e. The fourth-order valence-corrected chi connectivity index (χ4v) is 1.81. The molecule has 19 heavy (non-hydrogen) atoms. The van der Waals surface area contributed by atoms with E-state index in [4.69, 9.17) is 5.73 Å². The number of halogens is 2. The average Bonchev–Trinajstić information content (AvgIpc) is 2.84. The average molecular weight is 287 g/mol. The van der Waals surface area contributed by atoms with E-state index >= 15 is 0 Å². The second-order valence-electron chi connectivity index (χ2n) is 4.00. The van der Waals surface area contributed by atoms with Crippen molar-refractivity contribution in [3.8, 4) is 0 Å². The van der Waals surface area contributed by atoms with Crippen LogP contribution in [0.3, 0.4) is 0 Å². The van der Waals surface area contributed by atoms with E-state index in [-0.39, 0.29) is 19.0 Å². The summed E-state index contributed by atoms with van der Waals surface area (Å²) in [7, 11) is 0. The van der Waals surface area contributed by atoms with Crippen molar-refractivity contribution in [1.29, 1.82) is 0 Å². The van der Waals surface area contributed by atoms with Crippen LogP contribution in [0.25, 0.3) is 10.9 Å². The second-order valence-corrected chi connectivity index (χ2v) is 4.00. The predicted molar refractivity (Wildman–Crippen MR) is 74.0 cm³/mol. The normalized spacial score (nSPS) is 13.6. The summed E-state index contributed by atoms with van der Waals surface area (Å²) in [6.07, 6.45) is -0.0597. The predicted octanol–water partition coefficient (Wildman–Crippen LogP) is 2.49. The molecule has 2 rings (SSSR count). The lowest BCUT2D eigenvalue weighted by atomic mass is 10.0. The first-order chi connectivity index (χ1) is 8.63. The molecule has 0 bridgehead atoms. The van der Waals surface area contributed by atoms with Gasteiger partial charge in [0.25, 0.3) is 0 Å². The summed E-state index contributed by atoms with van der Waals surface area (Å²) < 4.78 is 18.4. The first-order valence-corrected chi connectivity index (χ1v) is 5.76. The Bertz CT molecular complexity index is 558. The molecule has 4 nitrogen and oxygen atoms in total. The molecule has 6 heteroatoms. The zero-order valence-corrected chi connectivity index (χ0v) is 11.2. The number of aromatic nitrogens is 1. The zero-order chi connectivity index (χ0) is 13.1. The van der Waals surface area contributed by atoms with Crippen molar-refractivity contribution in [1.82, 2.24) is 4.98 Å². The highest BCUT2D eigenvalue weighted by atomic mass is 35.5. The third kappa shape index (κ3) is 3.24. The molecule has 0 amide bonds. The topological polar surface area (TPSA) is 68.1 Å². The van der Waals surface area contributed by atoms with Crippen LogP contribution in [0, 0.1) is 0 Å². The number of nitrogens with one attached hydrogen (secondary N) is 1. The maximum atomic E-state index is 13.8. The van der Waals surface area contributed by atoms with Gasteiger partial charge < -0.3 is 15.5 Å². The van der Waals surface area contributed by atoms with Gasteiger partial charge in [0, 0.05) is 11.7 Å². The van der Waals surface area contributed by atoms with Gasteiger partial charge in [-0.05, 0) is 30.0 Å². The van der Waals surface area contributed by atoms with Crippen molar-refractivity contribution in [3.05, 3.63) is 36.0 Å². The highest BCUT2D eigenvalue weighted by Crippen LogP contribution is 2.22. The summed E-state index contributed by atoms with van der Waals surface area (Å²) >= 11 is 0. The molecule has 104 valence electrons. The molecule has 2 atom stereocenters. The van der Waals surface area contributed by atoms with Crippen LogP contribution in [0.1, 0.15) is 18.5 Å². The Hall–Kier alpha value is -1.59. The SMILES string of the molecule is CCOC(=O)C(F)[C@H](N)c1ccc2cc[nH]c2c1.Cl. The molecule has 3 N–H and O–H groups in total. The number of carbonyl (C=O) groups excluding carboxylic acids is 1. The summed E-state index contributed by atoms with van der Waals surface area (Å²) in [4.78, 5) is 14.3. The smallest absolute Gasteiger partial charge is 0.342 e. The molecule has 0 aliphatic carbocycles. The first-order valence-electron chi connectivity index (χ1n) is 5.76.